The molecule has 2 heterocycles. The zero-order valence-electron chi connectivity index (χ0n) is 18.7. The molecule has 1 aliphatic heterocycles. The van der Waals surface area contributed by atoms with Crippen molar-refractivity contribution in [2.45, 2.75) is 47.1 Å². The van der Waals surface area contributed by atoms with Gasteiger partial charge in [-0.2, -0.15) is 5.10 Å². The van der Waals surface area contributed by atoms with Gasteiger partial charge in [0.1, 0.15) is 6.54 Å². The standard InChI is InChI=1S/C25H30N4O2/c1-16-8-7-11-28(14-16)24-20-9-5-6-10-21(20)25(31)29(27-24)15-22(30)26-23-18(3)12-17(2)13-19(23)4/h5-6,9-10,12-13,16H,7-8,11,14-15H2,1-4H3,(H,26,30)/t16-/m0/s1. The Kier molecular flexibility index (Phi) is 5.81. The lowest BCUT2D eigenvalue weighted by Crippen LogP contribution is -2.38. The van der Waals surface area contributed by atoms with E-state index in [2.05, 4.69) is 22.2 Å². The van der Waals surface area contributed by atoms with Gasteiger partial charge in [0, 0.05) is 24.2 Å². The van der Waals surface area contributed by atoms with E-state index in [1.165, 1.54) is 11.1 Å². The lowest BCUT2D eigenvalue weighted by molar-refractivity contribution is -0.117. The van der Waals surface area contributed by atoms with Crippen molar-refractivity contribution in [3.63, 3.8) is 0 Å². The van der Waals surface area contributed by atoms with Gasteiger partial charge in [-0.25, -0.2) is 4.68 Å². The first-order chi connectivity index (χ1) is 14.8. The molecule has 31 heavy (non-hydrogen) atoms. The molecule has 162 valence electrons. The fraction of sp³-hybridized carbons (Fsp3) is 0.400. The Morgan fingerprint density at radius 3 is 2.48 bits per heavy atom. The molecule has 1 fully saturated rings. The molecular formula is C25H30N4O2. The fourth-order valence-electron chi connectivity index (χ4n) is 4.63. The summed E-state index contributed by atoms with van der Waals surface area (Å²) in [7, 11) is 0. The highest BCUT2D eigenvalue weighted by Gasteiger charge is 2.22. The second-order valence-electron chi connectivity index (χ2n) is 8.85. The summed E-state index contributed by atoms with van der Waals surface area (Å²) in [4.78, 5) is 28.2. The Morgan fingerprint density at radius 1 is 1.13 bits per heavy atom. The van der Waals surface area contributed by atoms with Crippen LogP contribution < -0.4 is 15.8 Å². The van der Waals surface area contributed by atoms with Crippen molar-refractivity contribution in [2.75, 3.05) is 23.3 Å². The number of fused-ring (bicyclic) bond motifs is 1. The van der Waals surface area contributed by atoms with Crippen LogP contribution >= 0.6 is 0 Å². The predicted octanol–water partition coefficient (Wildman–Crippen LogP) is 4.20. The first-order valence-electron chi connectivity index (χ1n) is 11.0. The molecule has 0 saturated carbocycles. The fourth-order valence-corrected chi connectivity index (χ4v) is 4.63. The highest BCUT2D eigenvalue weighted by molar-refractivity contribution is 5.94. The van der Waals surface area contributed by atoms with Gasteiger partial charge in [-0.15, -0.1) is 0 Å². The molecule has 1 atom stereocenters. The van der Waals surface area contributed by atoms with Gasteiger partial charge < -0.3 is 10.2 Å². The molecule has 0 unspecified atom stereocenters. The van der Waals surface area contributed by atoms with Gasteiger partial charge >= 0.3 is 0 Å². The molecule has 0 aliphatic carbocycles. The number of nitrogens with zero attached hydrogens (tertiary/aromatic N) is 3. The molecule has 1 aliphatic rings. The van der Waals surface area contributed by atoms with E-state index in [0.29, 0.717) is 11.3 Å². The van der Waals surface area contributed by atoms with Crippen LogP contribution in [0.1, 0.15) is 36.5 Å². The van der Waals surface area contributed by atoms with Crippen molar-refractivity contribution in [3.8, 4) is 0 Å². The van der Waals surface area contributed by atoms with Gasteiger partial charge in [-0.05, 0) is 56.7 Å². The van der Waals surface area contributed by atoms with Crippen molar-refractivity contribution < 1.29 is 4.79 Å². The van der Waals surface area contributed by atoms with Gasteiger partial charge in [-0.3, -0.25) is 9.59 Å². The second-order valence-corrected chi connectivity index (χ2v) is 8.85. The average Bonchev–Trinajstić information content (AvgIpc) is 2.73. The van der Waals surface area contributed by atoms with Crippen LogP contribution in [-0.2, 0) is 11.3 Å². The summed E-state index contributed by atoms with van der Waals surface area (Å²) in [6.07, 6.45) is 2.30. The number of aromatic nitrogens is 2. The third-order valence-corrected chi connectivity index (χ3v) is 6.04. The van der Waals surface area contributed by atoms with Crippen LogP contribution in [0.3, 0.4) is 0 Å². The zero-order valence-corrected chi connectivity index (χ0v) is 18.7. The molecule has 0 spiro atoms. The van der Waals surface area contributed by atoms with Crippen molar-refractivity contribution in [3.05, 3.63) is 63.4 Å². The topological polar surface area (TPSA) is 67.2 Å². The number of aryl methyl sites for hydroxylation is 3. The van der Waals surface area contributed by atoms with Crippen LogP contribution in [0.25, 0.3) is 10.8 Å². The molecule has 1 N–H and O–H groups in total. The molecule has 6 nitrogen and oxygen atoms in total. The molecule has 2 aromatic carbocycles. The number of hydrogen-bond donors (Lipinski definition) is 1. The minimum absolute atomic E-state index is 0.118. The lowest BCUT2D eigenvalue weighted by atomic mass is 10.00. The number of carbonyl (C=O) groups is 1. The van der Waals surface area contributed by atoms with Crippen LogP contribution in [0.15, 0.2) is 41.2 Å². The smallest absolute Gasteiger partial charge is 0.275 e. The molecule has 6 heteroatoms. The summed E-state index contributed by atoms with van der Waals surface area (Å²) in [5, 5.41) is 9.10. The molecule has 4 rings (SSSR count). The summed E-state index contributed by atoms with van der Waals surface area (Å²) in [5.41, 5.74) is 3.73. The van der Waals surface area contributed by atoms with Crippen LogP contribution in [0, 0.1) is 26.7 Å². The van der Waals surface area contributed by atoms with Crippen LogP contribution in [0.2, 0.25) is 0 Å². The highest BCUT2D eigenvalue weighted by Crippen LogP contribution is 2.27. The summed E-state index contributed by atoms with van der Waals surface area (Å²) in [5.74, 6) is 1.11. The maximum Gasteiger partial charge on any atom is 0.275 e. The quantitative estimate of drug-likeness (QED) is 0.690. The van der Waals surface area contributed by atoms with E-state index in [4.69, 9.17) is 0 Å². The Balaban J connectivity index is 1.68. The van der Waals surface area contributed by atoms with Gasteiger partial charge in [0.25, 0.3) is 5.56 Å². The number of nitrogens with one attached hydrogen (secondary N) is 1. The van der Waals surface area contributed by atoms with Crippen LogP contribution in [-0.4, -0.2) is 28.8 Å². The predicted molar refractivity (Wildman–Crippen MR) is 126 cm³/mol. The van der Waals surface area contributed by atoms with Crippen molar-refractivity contribution in [1.29, 1.82) is 0 Å². The average molecular weight is 419 g/mol. The van der Waals surface area contributed by atoms with Gasteiger partial charge in [0.15, 0.2) is 5.82 Å². The second kappa shape index (κ2) is 8.53. The maximum atomic E-state index is 13.1. The lowest BCUT2D eigenvalue weighted by Gasteiger charge is -2.32. The number of rotatable bonds is 4. The van der Waals surface area contributed by atoms with Crippen LogP contribution in [0.4, 0.5) is 11.5 Å². The van der Waals surface area contributed by atoms with Crippen LogP contribution in [0.5, 0.6) is 0 Å². The van der Waals surface area contributed by atoms with Gasteiger partial charge in [-0.1, -0.05) is 42.8 Å². The van der Waals surface area contributed by atoms with E-state index >= 15 is 0 Å². The molecule has 3 aromatic rings. The highest BCUT2D eigenvalue weighted by atomic mass is 16.2. The minimum atomic E-state index is -0.252. The van der Waals surface area contributed by atoms with E-state index in [0.717, 1.165) is 53.1 Å². The Labute approximate surface area is 182 Å². The van der Waals surface area contributed by atoms with E-state index in [-0.39, 0.29) is 18.0 Å². The Bertz CT molecular complexity index is 1170. The normalized spacial score (nSPS) is 16.5. The number of piperidine rings is 1. The largest absolute Gasteiger partial charge is 0.354 e. The third-order valence-electron chi connectivity index (χ3n) is 6.04. The van der Waals surface area contributed by atoms with E-state index in [9.17, 15) is 9.59 Å². The zero-order chi connectivity index (χ0) is 22.1. The number of amides is 1. The van der Waals surface area contributed by atoms with E-state index < -0.39 is 0 Å². The first-order valence-corrected chi connectivity index (χ1v) is 11.0. The Hall–Kier alpha value is -3.15. The number of hydrogen-bond acceptors (Lipinski definition) is 4. The minimum Gasteiger partial charge on any atom is -0.354 e. The molecule has 1 saturated heterocycles. The first kappa shape index (κ1) is 21.1. The molecule has 1 amide bonds. The maximum absolute atomic E-state index is 13.1. The molecular weight excluding hydrogens is 388 g/mol. The number of carbonyl (C=O) groups excluding carboxylic acids is 1. The number of benzene rings is 2. The van der Waals surface area contributed by atoms with Crippen molar-refractivity contribution in [2.24, 2.45) is 5.92 Å². The Morgan fingerprint density at radius 2 is 1.81 bits per heavy atom. The monoisotopic (exact) mass is 418 g/mol. The SMILES string of the molecule is Cc1cc(C)c(NC(=O)Cn2nc(N3CCC[C@H](C)C3)c3ccccc3c2=O)c(C)c1. The summed E-state index contributed by atoms with van der Waals surface area (Å²) in [6, 6.07) is 11.6. The summed E-state index contributed by atoms with van der Waals surface area (Å²) in [6.45, 7) is 9.93. The van der Waals surface area contributed by atoms with Gasteiger partial charge in [0.2, 0.25) is 5.91 Å². The molecule has 0 bridgehead atoms. The molecule has 1 aromatic heterocycles. The van der Waals surface area contributed by atoms with Crippen molar-refractivity contribution >= 4 is 28.2 Å². The van der Waals surface area contributed by atoms with Crippen molar-refractivity contribution in [1.82, 2.24) is 9.78 Å². The van der Waals surface area contributed by atoms with Gasteiger partial charge in [0.05, 0.1) is 5.39 Å². The summed E-state index contributed by atoms with van der Waals surface area (Å²) < 4.78 is 1.31. The van der Waals surface area contributed by atoms with E-state index in [1.54, 1.807) is 0 Å². The number of anilines is 2. The van der Waals surface area contributed by atoms with E-state index in [1.807, 2.05) is 57.2 Å². The summed E-state index contributed by atoms with van der Waals surface area (Å²) >= 11 is 0. The molecule has 0 radical (unpaired) electrons. The third kappa shape index (κ3) is 4.33.